The van der Waals surface area contributed by atoms with Gasteiger partial charge in [-0.2, -0.15) is 0 Å². The van der Waals surface area contributed by atoms with Crippen molar-refractivity contribution in [3.8, 4) is 0 Å². The molecule has 6 heteroatoms. The third kappa shape index (κ3) is 3.45. The predicted octanol–water partition coefficient (Wildman–Crippen LogP) is 1.33. The maximum atomic E-state index is 12.2. The van der Waals surface area contributed by atoms with Crippen LogP contribution in [0.5, 0.6) is 0 Å². The fourth-order valence-corrected chi connectivity index (χ4v) is 3.41. The number of aryl methyl sites for hydroxylation is 1. The molecule has 1 amide bonds. The number of rotatable bonds is 3. The smallest absolute Gasteiger partial charge is 0.235 e. The van der Waals surface area contributed by atoms with Crippen LogP contribution in [0.4, 0.5) is 0 Å². The molecule has 0 spiro atoms. The Kier molecular flexibility index (Phi) is 4.42. The highest BCUT2D eigenvalue weighted by molar-refractivity contribution is 7.85. The Morgan fingerprint density at radius 2 is 2.05 bits per heavy atom. The average Bonchev–Trinajstić information content (AvgIpc) is 2.74. The molecule has 5 nitrogen and oxygen atoms in total. The molecular formula is C13H19NO4S. The van der Waals surface area contributed by atoms with Gasteiger partial charge in [0, 0.05) is 13.1 Å². The fraction of sp³-hybridized carbons (Fsp3) is 0.615. The van der Waals surface area contributed by atoms with Crippen molar-refractivity contribution in [2.24, 2.45) is 0 Å². The van der Waals surface area contributed by atoms with Crippen molar-refractivity contribution in [1.82, 2.24) is 4.90 Å². The number of nitrogens with zero attached hydrogens (tertiary/aromatic N) is 1. The lowest BCUT2D eigenvalue weighted by Crippen LogP contribution is -2.49. The van der Waals surface area contributed by atoms with Gasteiger partial charge in [0.2, 0.25) is 5.91 Å². The van der Waals surface area contributed by atoms with E-state index >= 15 is 0 Å². The lowest BCUT2D eigenvalue weighted by molar-refractivity contribution is -0.140. The van der Waals surface area contributed by atoms with Gasteiger partial charge in [-0.05, 0) is 26.8 Å². The van der Waals surface area contributed by atoms with E-state index in [1.807, 2.05) is 13.8 Å². The quantitative estimate of drug-likeness (QED) is 0.840. The summed E-state index contributed by atoms with van der Waals surface area (Å²) in [5, 5.41) is 0. The van der Waals surface area contributed by atoms with Crippen molar-refractivity contribution in [3.63, 3.8) is 0 Å². The summed E-state index contributed by atoms with van der Waals surface area (Å²) in [7, 11) is -1.34. The minimum atomic E-state index is -1.34. The number of furan rings is 1. The number of ether oxygens (including phenoxy) is 1. The van der Waals surface area contributed by atoms with Crippen molar-refractivity contribution in [1.29, 1.82) is 0 Å². The number of hydrogen-bond acceptors (Lipinski definition) is 4. The van der Waals surface area contributed by atoms with E-state index in [4.69, 9.17) is 9.15 Å². The second-order valence-corrected chi connectivity index (χ2v) is 6.31. The Hall–Kier alpha value is -1.14. The fourth-order valence-electron chi connectivity index (χ4n) is 2.27. The van der Waals surface area contributed by atoms with Crippen molar-refractivity contribution in [2.45, 2.75) is 37.9 Å². The molecule has 3 atom stereocenters. The summed E-state index contributed by atoms with van der Waals surface area (Å²) in [6.45, 7) is 6.74. The summed E-state index contributed by atoms with van der Waals surface area (Å²) < 4.78 is 22.8. The molecule has 2 heterocycles. The van der Waals surface area contributed by atoms with Gasteiger partial charge in [0.15, 0.2) is 0 Å². The van der Waals surface area contributed by atoms with E-state index in [0.29, 0.717) is 23.7 Å². The number of amides is 1. The molecule has 1 aliphatic heterocycles. The Labute approximate surface area is 115 Å². The van der Waals surface area contributed by atoms with Crippen LogP contribution in [-0.2, 0) is 20.3 Å². The van der Waals surface area contributed by atoms with E-state index < -0.39 is 10.8 Å². The molecule has 0 unspecified atom stereocenters. The lowest BCUT2D eigenvalue weighted by atomic mass is 10.2. The Bertz CT molecular complexity index is 475. The number of hydrogen-bond donors (Lipinski definition) is 0. The zero-order valence-electron chi connectivity index (χ0n) is 11.4. The molecule has 2 rings (SSSR count). The molecule has 0 saturated carbocycles. The van der Waals surface area contributed by atoms with E-state index in [-0.39, 0.29) is 23.9 Å². The third-order valence-corrected chi connectivity index (χ3v) is 4.51. The normalized spacial score (nSPS) is 25.3. The SMILES string of the molecule is Cc1occc1[S@](=O)CC(=O)N1C[C@@H](C)O[C@@H](C)C1. The van der Waals surface area contributed by atoms with Crippen LogP contribution in [0.25, 0.3) is 0 Å². The second kappa shape index (κ2) is 5.88. The molecule has 19 heavy (non-hydrogen) atoms. The molecule has 106 valence electrons. The van der Waals surface area contributed by atoms with Crippen LogP contribution < -0.4 is 0 Å². The van der Waals surface area contributed by atoms with E-state index in [0.717, 1.165) is 0 Å². The minimum absolute atomic E-state index is 0.000185. The molecule has 1 saturated heterocycles. The van der Waals surface area contributed by atoms with Crippen LogP contribution >= 0.6 is 0 Å². The largest absolute Gasteiger partial charge is 0.468 e. The van der Waals surface area contributed by atoms with Gasteiger partial charge in [-0.3, -0.25) is 9.00 Å². The second-order valence-electron chi connectivity index (χ2n) is 4.89. The van der Waals surface area contributed by atoms with E-state index in [1.54, 1.807) is 17.9 Å². The third-order valence-electron chi connectivity index (χ3n) is 3.08. The first-order valence-electron chi connectivity index (χ1n) is 6.33. The molecule has 0 bridgehead atoms. The molecule has 1 aromatic rings. The molecule has 1 aliphatic rings. The van der Waals surface area contributed by atoms with Gasteiger partial charge in [-0.1, -0.05) is 0 Å². The first-order chi connectivity index (χ1) is 8.97. The van der Waals surface area contributed by atoms with Crippen molar-refractivity contribution in [3.05, 3.63) is 18.1 Å². The zero-order valence-corrected chi connectivity index (χ0v) is 12.2. The van der Waals surface area contributed by atoms with Crippen molar-refractivity contribution in [2.75, 3.05) is 18.8 Å². The Morgan fingerprint density at radius 1 is 1.42 bits per heavy atom. The maximum absolute atomic E-state index is 12.2. The highest BCUT2D eigenvalue weighted by Gasteiger charge is 2.27. The first-order valence-corrected chi connectivity index (χ1v) is 7.65. The van der Waals surface area contributed by atoms with Gasteiger partial charge in [0.05, 0.1) is 34.2 Å². The van der Waals surface area contributed by atoms with Crippen LogP contribution in [0.15, 0.2) is 21.6 Å². The predicted molar refractivity (Wildman–Crippen MR) is 71.3 cm³/mol. The molecule has 0 aliphatic carbocycles. The summed E-state index contributed by atoms with van der Waals surface area (Å²) in [5.74, 6) is 0.510. The highest BCUT2D eigenvalue weighted by atomic mass is 32.2. The van der Waals surface area contributed by atoms with Crippen LogP contribution in [0.3, 0.4) is 0 Å². The van der Waals surface area contributed by atoms with E-state index in [2.05, 4.69) is 0 Å². The van der Waals surface area contributed by atoms with Crippen LogP contribution in [0.1, 0.15) is 19.6 Å². The monoisotopic (exact) mass is 285 g/mol. The van der Waals surface area contributed by atoms with Crippen LogP contribution in [0.2, 0.25) is 0 Å². The average molecular weight is 285 g/mol. The molecule has 1 aromatic heterocycles. The van der Waals surface area contributed by atoms with Gasteiger partial charge >= 0.3 is 0 Å². The van der Waals surface area contributed by atoms with Gasteiger partial charge < -0.3 is 14.1 Å². The van der Waals surface area contributed by atoms with Crippen molar-refractivity contribution < 1.29 is 18.2 Å². The number of morpholine rings is 1. The van der Waals surface area contributed by atoms with E-state index in [1.165, 1.54) is 6.26 Å². The van der Waals surface area contributed by atoms with Gasteiger partial charge in [-0.25, -0.2) is 0 Å². The summed E-state index contributed by atoms with van der Waals surface area (Å²) in [4.78, 5) is 14.5. The van der Waals surface area contributed by atoms with Crippen molar-refractivity contribution >= 4 is 16.7 Å². The van der Waals surface area contributed by atoms with Gasteiger partial charge in [-0.15, -0.1) is 0 Å². The molecule has 1 fully saturated rings. The first kappa shape index (κ1) is 14.3. The molecular weight excluding hydrogens is 266 g/mol. The molecule has 0 radical (unpaired) electrons. The summed E-state index contributed by atoms with van der Waals surface area (Å²) >= 11 is 0. The Balaban J connectivity index is 1.97. The highest BCUT2D eigenvalue weighted by Crippen LogP contribution is 2.16. The van der Waals surface area contributed by atoms with E-state index in [9.17, 15) is 9.00 Å². The Morgan fingerprint density at radius 3 is 2.58 bits per heavy atom. The van der Waals surface area contributed by atoms with Gasteiger partial charge in [0.1, 0.15) is 11.5 Å². The van der Waals surface area contributed by atoms with Crippen LogP contribution in [0, 0.1) is 6.92 Å². The van der Waals surface area contributed by atoms with Gasteiger partial charge in [0.25, 0.3) is 0 Å². The number of carbonyl (C=O) groups is 1. The summed E-state index contributed by atoms with van der Waals surface area (Å²) in [5.41, 5.74) is 0. The standard InChI is InChI=1S/C13H19NO4S/c1-9-6-14(7-10(2)18-9)13(15)8-19(16)12-4-5-17-11(12)3/h4-5,9-10H,6-8H2,1-3H3/t9-,10+,19-/m1/s1. The topological polar surface area (TPSA) is 59.8 Å². The van der Waals surface area contributed by atoms with Crippen LogP contribution in [-0.4, -0.2) is 46.1 Å². The number of carbonyl (C=O) groups excluding carboxylic acids is 1. The maximum Gasteiger partial charge on any atom is 0.235 e. The zero-order chi connectivity index (χ0) is 14.0. The summed E-state index contributed by atoms with van der Waals surface area (Å²) in [6, 6.07) is 1.66. The minimum Gasteiger partial charge on any atom is -0.468 e. The molecule has 0 N–H and O–H groups in total. The lowest BCUT2D eigenvalue weighted by Gasteiger charge is -2.35. The molecule has 0 aromatic carbocycles. The summed E-state index contributed by atoms with van der Waals surface area (Å²) in [6.07, 6.45) is 1.54.